The Morgan fingerprint density at radius 2 is 2.36 bits per heavy atom. The van der Waals surface area contributed by atoms with E-state index in [1.54, 1.807) is 12.3 Å². The van der Waals surface area contributed by atoms with E-state index in [1.807, 2.05) is 0 Å². The van der Waals surface area contributed by atoms with Crippen molar-refractivity contribution in [1.82, 2.24) is 15.0 Å². The molecule has 56 valence electrons. The fourth-order valence-electron chi connectivity index (χ4n) is 0.854. The molecule has 0 unspecified atom stereocenters. The van der Waals surface area contributed by atoms with E-state index in [2.05, 4.69) is 30.9 Å². The first-order chi connectivity index (χ1) is 5.25. The molecule has 0 aliphatic rings. The average molecular weight is 232 g/mol. The van der Waals surface area contributed by atoms with Crippen molar-refractivity contribution in [3.63, 3.8) is 0 Å². The van der Waals surface area contributed by atoms with Gasteiger partial charge in [-0.1, -0.05) is 11.6 Å². The number of fused-ring (bicyclic) bond motifs is 1. The highest BCUT2D eigenvalue weighted by Crippen LogP contribution is 2.16. The molecule has 0 saturated heterocycles. The Morgan fingerprint density at radius 1 is 1.55 bits per heavy atom. The van der Waals surface area contributed by atoms with Gasteiger partial charge in [0, 0.05) is 6.07 Å². The van der Waals surface area contributed by atoms with Crippen LogP contribution in [0.3, 0.4) is 0 Å². The van der Waals surface area contributed by atoms with Crippen molar-refractivity contribution < 1.29 is 0 Å². The van der Waals surface area contributed by atoms with Gasteiger partial charge in [0.1, 0.15) is 5.15 Å². The summed E-state index contributed by atoms with van der Waals surface area (Å²) in [6.07, 6.45) is 1.65. The van der Waals surface area contributed by atoms with Gasteiger partial charge < -0.3 is 4.98 Å². The van der Waals surface area contributed by atoms with Gasteiger partial charge in [0.2, 0.25) is 0 Å². The molecular weight excluding hydrogens is 229 g/mol. The summed E-state index contributed by atoms with van der Waals surface area (Å²) in [6.45, 7) is 0. The monoisotopic (exact) mass is 231 g/mol. The maximum Gasteiger partial charge on any atom is 0.175 e. The Balaban J connectivity index is 2.82. The standard InChI is InChI=1S/C6H3BrClN3/c7-6-10-3-1-5(8)9-2-4(3)11-6/h1-2H,(H,10,11). The maximum atomic E-state index is 5.65. The van der Waals surface area contributed by atoms with E-state index in [-0.39, 0.29) is 0 Å². The van der Waals surface area contributed by atoms with Gasteiger partial charge in [0.25, 0.3) is 0 Å². The Bertz CT molecular complexity index is 398. The number of pyridine rings is 1. The molecule has 1 N–H and O–H groups in total. The fraction of sp³-hybridized carbons (Fsp3) is 0. The number of imidazole rings is 1. The smallest absolute Gasteiger partial charge is 0.175 e. The van der Waals surface area contributed by atoms with Gasteiger partial charge in [-0.2, -0.15) is 0 Å². The maximum absolute atomic E-state index is 5.65. The quantitative estimate of drug-likeness (QED) is 0.709. The number of hydrogen-bond donors (Lipinski definition) is 1. The van der Waals surface area contributed by atoms with Gasteiger partial charge >= 0.3 is 0 Å². The molecule has 0 atom stereocenters. The van der Waals surface area contributed by atoms with Crippen molar-refractivity contribution in [3.05, 3.63) is 22.1 Å². The summed E-state index contributed by atoms with van der Waals surface area (Å²) in [5.41, 5.74) is 1.69. The zero-order chi connectivity index (χ0) is 7.84. The Labute approximate surface area is 75.9 Å². The lowest BCUT2D eigenvalue weighted by atomic mass is 10.4. The highest BCUT2D eigenvalue weighted by Gasteiger charge is 1.99. The molecule has 2 aromatic rings. The van der Waals surface area contributed by atoms with Gasteiger partial charge in [-0.15, -0.1) is 0 Å². The highest BCUT2D eigenvalue weighted by atomic mass is 79.9. The molecule has 0 bridgehead atoms. The van der Waals surface area contributed by atoms with Crippen LogP contribution in [0.4, 0.5) is 0 Å². The number of hydrogen-bond acceptors (Lipinski definition) is 2. The second-order valence-corrected chi connectivity index (χ2v) is 3.19. The second kappa shape index (κ2) is 2.46. The summed E-state index contributed by atoms with van der Waals surface area (Å²) in [7, 11) is 0. The van der Waals surface area contributed by atoms with Gasteiger partial charge in [-0.3, -0.25) is 0 Å². The predicted octanol–water partition coefficient (Wildman–Crippen LogP) is 2.37. The summed E-state index contributed by atoms with van der Waals surface area (Å²) >= 11 is 8.86. The van der Waals surface area contributed by atoms with Gasteiger partial charge in [0.05, 0.1) is 17.2 Å². The third kappa shape index (κ3) is 1.23. The molecule has 0 saturated carbocycles. The summed E-state index contributed by atoms with van der Waals surface area (Å²) in [5.74, 6) is 0. The summed E-state index contributed by atoms with van der Waals surface area (Å²) < 4.78 is 0.691. The lowest BCUT2D eigenvalue weighted by molar-refractivity contribution is 1.26. The molecule has 0 fully saturated rings. The van der Waals surface area contributed by atoms with Gasteiger partial charge in [-0.25, -0.2) is 9.97 Å². The number of aromatic amines is 1. The minimum atomic E-state index is 0.455. The minimum Gasteiger partial charge on any atom is -0.331 e. The number of H-pyrrole nitrogens is 1. The van der Waals surface area contributed by atoms with Crippen LogP contribution >= 0.6 is 27.5 Å². The van der Waals surface area contributed by atoms with E-state index in [4.69, 9.17) is 11.6 Å². The van der Waals surface area contributed by atoms with E-state index >= 15 is 0 Å². The molecule has 0 amide bonds. The van der Waals surface area contributed by atoms with Crippen molar-refractivity contribution in [2.45, 2.75) is 0 Å². The van der Waals surface area contributed by atoms with Crippen molar-refractivity contribution in [3.8, 4) is 0 Å². The summed E-state index contributed by atoms with van der Waals surface area (Å²) in [4.78, 5) is 11.0. The number of nitrogens with one attached hydrogen (secondary N) is 1. The molecule has 2 heterocycles. The zero-order valence-electron chi connectivity index (χ0n) is 5.31. The normalized spacial score (nSPS) is 10.7. The topological polar surface area (TPSA) is 41.6 Å². The van der Waals surface area contributed by atoms with Crippen molar-refractivity contribution in [1.29, 1.82) is 0 Å². The molecule has 0 radical (unpaired) electrons. The van der Waals surface area contributed by atoms with Crippen LogP contribution in [0, 0.1) is 0 Å². The van der Waals surface area contributed by atoms with Crippen LogP contribution in [0.2, 0.25) is 5.15 Å². The van der Waals surface area contributed by atoms with Crippen LogP contribution in [0.5, 0.6) is 0 Å². The minimum absolute atomic E-state index is 0.455. The molecule has 0 spiro atoms. The van der Waals surface area contributed by atoms with Crippen LogP contribution in [-0.2, 0) is 0 Å². The zero-order valence-corrected chi connectivity index (χ0v) is 7.65. The van der Waals surface area contributed by atoms with Gasteiger partial charge in [-0.05, 0) is 15.9 Å². The second-order valence-electron chi connectivity index (χ2n) is 2.05. The highest BCUT2D eigenvalue weighted by molar-refractivity contribution is 9.10. The van der Waals surface area contributed by atoms with Crippen LogP contribution in [0.25, 0.3) is 11.0 Å². The Hall–Kier alpha value is -0.610. The van der Waals surface area contributed by atoms with E-state index in [9.17, 15) is 0 Å². The molecule has 3 nitrogen and oxygen atoms in total. The van der Waals surface area contributed by atoms with E-state index in [0.29, 0.717) is 9.89 Å². The first-order valence-corrected chi connectivity index (χ1v) is 4.09. The molecule has 5 heteroatoms. The lowest BCUT2D eigenvalue weighted by Gasteiger charge is -1.86. The lowest BCUT2D eigenvalue weighted by Crippen LogP contribution is -1.73. The van der Waals surface area contributed by atoms with E-state index < -0.39 is 0 Å². The van der Waals surface area contributed by atoms with Crippen LogP contribution in [0.1, 0.15) is 0 Å². The molecular formula is C6H3BrClN3. The van der Waals surface area contributed by atoms with Crippen LogP contribution in [0.15, 0.2) is 17.0 Å². The molecule has 11 heavy (non-hydrogen) atoms. The van der Waals surface area contributed by atoms with E-state index in [1.165, 1.54) is 0 Å². The average Bonchev–Trinajstić information content (AvgIpc) is 2.27. The molecule has 0 aliphatic carbocycles. The Morgan fingerprint density at radius 3 is 3.18 bits per heavy atom. The van der Waals surface area contributed by atoms with Crippen molar-refractivity contribution in [2.24, 2.45) is 0 Å². The third-order valence-electron chi connectivity index (χ3n) is 1.31. The van der Waals surface area contributed by atoms with Crippen molar-refractivity contribution >= 4 is 38.6 Å². The predicted molar refractivity (Wildman–Crippen MR) is 46.6 cm³/mol. The molecule has 2 rings (SSSR count). The van der Waals surface area contributed by atoms with Crippen LogP contribution in [-0.4, -0.2) is 15.0 Å². The van der Waals surface area contributed by atoms with Gasteiger partial charge in [0.15, 0.2) is 4.73 Å². The molecule has 0 aromatic carbocycles. The SMILES string of the molecule is Clc1cc2nc(Br)[nH]c2cn1. The van der Waals surface area contributed by atoms with Crippen LogP contribution < -0.4 is 0 Å². The fourth-order valence-corrected chi connectivity index (χ4v) is 1.41. The summed E-state index contributed by atoms with van der Waals surface area (Å²) in [6, 6.07) is 1.71. The Kier molecular flexibility index (Phi) is 1.58. The molecule has 2 aromatic heterocycles. The number of aromatic nitrogens is 3. The number of halogens is 2. The number of nitrogens with zero attached hydrogens (tertiary/aromatic N) is 2. The first kappa shape index (κ1) is 7.06. The summed E-state index contributed by atoms with van der Waals surface area (Å²) in [5, 5.41) is 0.455. The largest absolute Gasteiger partial charge is 0.331 e. The first-order valence-electron chi connectivity index (χ1n) is 2.92. The van der Waals surface area contributed by atoms with E-state index in [0.717, 1.165) is 11.0 Å². The third-order valence-corrected chi connectivity index (χ3v) is 1.89. The van der Waals surface area contributed by atoms with Crippen molar-refractivity contribution in [2.75, 3.05) is 0 Å². The molecule has 0 aliphatic heterocycles. The number of rotatable bonds is 0.